The molecule has 0 aromatic heterocycles. The summed E-state index contributed by atoms with van der Waals surface area (Å²) in [6, 6.07) is 7.69. The van der Waals surface area contributed by atoms with Gasteiger partial charge < -0.3 is 24.6 Å². The Morgan fingerprint density at radius 3 is 2.15 bits per heavy atom. The highest BCUT2D eigenvalue weighted by molar-refractivity contribution is 5.75. The predicted molar refractivity (Wildman–Crippen MR) is 99.3 cm³/mol. The third-order valence-corrected chi connectivity index (χ3v) is 4.28. The summed E-state index contributed by atoms with van der Waals surface area (Å²) in [5.74, 6) is 1.18. The van der Waals surface area contributed by atoms with E-state index in [1.807, 2.05) is 24.3 Å². The molecule has 1 heterocycles. The standard InChI is InChI=1S/C19H29N3O4/c1-5-25-19(24)22-12-10-21(11-13-22)18(23)20-15(4)26-17-8-6-16(7-9-17)14(2)3/h6-9,14-15H,5,10-13H2,1-4H3,(H,20,23). The van der Waals surface area contributed by atoms with E-state index in [4.69, 9.17) is 9.47 Å². The van der Waals surface area contributed by atoms with Gasteiger partial charge in [0.15, 0.2) is 6.23 Å². The second-order valence-electron chi connectivity index (χ2n) is 6.61. The molecule has 0 spiro atoms. The number of ether oxygens (including phenoxy) is 2. The summed E-state index contributed by atoms with van der Waals surface area (Å²) in [5, 5.41) is 2.83. The molecule has 1 aliphatic heterocycles. The molecular formula is C19H29N3O4. The van der Waals surface area contributed by atoms with E-state index in [0.29, 0.717) is 44.5 Å². The molecule has 0 bridgehead atoms. The van der Waals surface area contributed by atoms with Gasteiger partial charge >= 0.3 is 12.1 Å². The topological polar surface area (TPSA) is 71.1 Å². The van der Waals surface area contributed by atoms with Crippen LogP contribution in [-0.4, -0.2) is 60.9 Å². The van der Waals surface area contributed by atoms with Gasteiger partial charge in [-0.2, -0.15) is 0 Å². The van der Waals surface area contributed by atoms with Crippen LogP contribution in [0.3, 0.4) is 0 Å². The lowest BCUT2D eigenvalue weighted by molar-refractivity contribution is 0.0821. The molecule has 1 atom stereocenters. The molecule has 1 aromatic carbocycles. The molecule has 7 nitrogen and oxygen atoms in total. The van der Waals surface area contributed by atoms with Crippen molar-refractivity contribution in [1.82, 2.24) is 15.1 Å². The van der Waals surface area contributed by atoms with Crippen molar-refractivity contribution in [3.63, 3.8) is 0 Å². The molecule has 7 heteroatoms. The number of nitrogens with one attached hydrogen (secondary N) is 1. The molecule has 1 fully saturated rings. The molecule has 3 amide bonds. The van der Waals surface area contributed by atoms with Gasteiger partial charge in [-0.25, -0.2) is 9.59 Å². The third kappa shape index (κ3) is 5.54. The fourth-order valence-electron chi connectivity index (χ4n) is 2.74. The average molecular weight is 363 g/mol. The second kappa shape index (κ2) is 9.31. The van der Waals surface area contributed by atoms with Gasteiger partial charge in [-0.15, -0.1) is 0 Å². The zero-order chi connectivity index (χ0) is 19.1. The van der Waals surface area contributed by atoms with Gasteiger partial charge in [-0.05, 0) is 37.5 Å². The van der Waals surface area contributed by atoms with E-state index in [2.05, 4.69) is 19.2 Å². The molecule has 144 valence electrons. The van der Waals surface area contributed by atoms with Crippen molar-refractivity contribution in [1.29, 1.82) is 0 Å². The van der Waals surface area contributed by atoms with Crippen molar-refractivity contribution in [3.05, 3.63) is 29.8 Å². The number of hydrogen-bond donors (Lipinski definition) is 1. The van der Waals surface area contributed by atoms with Crippen LogP contribution in [0.1, 0.15) is 39.2 Å². The lowest BCUT2D eigenvalue weighted by Crippen LogP contribution is -2.55. The molecule has 26 heavy (non-hydrogen) atoms. The number of rotatable bonds is 5. The molecular weight excluding hydrogens is 334 g/mol. The highest BCUT2D eigenvalue weighted by Gasteiger charge is 2.25. The summed E-state index contributed by atoms with van der Waals surface area (Å²) in [6.45, 7) is 10.1. The number of carbonyl (C=O) groups is 2. The molecule has 0 radical (unpaired) electrons. The minimum atomic E-state index is -0.449. The molecule has 1 N–H and O–H groups in total. The fourth-order valence-corrected chi connectivity index (χ4v) is 2.74. The molecule has 0 aliphatic carbocycles. The van der Waals surface area contributed by atoms with Crippen LogP contribution >= 0.6 is 0 Å². The lowest BCUT2D eigenvalue weighted by Gasteiger charge is -2.34. The minimum Gasteiger partial charge on any atom is -0.471 e. The van der Waals surface area contributed by atoms with Gasteiger partial charge in [0.1, 0.15) is 5.75 Å². The van der Waals surface area contributed by atoms with E-state index in [1.165, 1.54) is 5.56 Å². The van der Waals surface area contributed by atoms with Crippen molar-refractivity contribution in [3.8, 4) is 5.75 Å². The highest BCUT2D eigenvalue weighted by atomic mass is 16.6. The summed E-state index contributed by atoms with van der Waals surface area (Å²) in [5.41, 5.74) is 1.24. The third-order valence-electron chi connectivity index (χ3n) is 4.28. The van der Waals surface area contributed by atoms with E-state index < -0.39 is 6.23 Å². The van der Waals surface area contributed by atoms with E-state index >= 15 is 0 Å². The quantitative estimate of drug-likeness (QED) is 0.817. The van der Waals surface area contributed by atoms with Gasteiger partial charge in [0.25, 0.3) is 0 Å². The summed E-state index contributed by atoms with van der Waals surface area (Å²) in [7, 11) is 0. The predicted octanol–water partition coefficient (Wildman–Crippen LogP) is 3.02. The van der Waals surface area contributed by atoms with Crippen LogP contribution in [0.2, 0.25) is 0 Å². The number of benzene rings is 1. The summed E-state index contributed by atoms with van der Waals surface area (Å²) >= 11 is 0. The smallest absolute Gasteiger partial charge is 0.409 e. The molecule has 1 aliphatic rings. The van der Waals surface area contributed by atoms with Gasteiger partial charge in [-0.3, -0.25) is 0 Å². The van der Waals surface area contributed by atoms with Crippen molar-refractivity contribution >= 4 is 12.1 Å². The van der Waals surface area contributed by atoms with E-state index in [1.54, 1.807) is 23.6 Å². The first-order valence-electron chi connectivity index (χ1n) is 9.14. The number of nitrogens with zero attached hydrogens (tertiary/aromatic N) is 2. The van der Waals surface area contributed by atoms with Crippen LogP contribution in [0.4, 0.5) is 9.59 Å². The molecule has 1 unspecified atom stereocenters. The van der Waals surface area contributed by atoms with Gasteiger partial charge in [0, 0.05) is 26.2 Å². The first kappa shape index (κ1) is 19.9. The van der Waals surface area contributed by atoms with Crippen LogP contribution in [0.15, 0.2) is 24.3 Å². The van der Waals surface area contributed by atoms with Crippen LogP contribution in [0.5, 0.6) is 5.75 Å². The second-order valence-corrected chi connectivity index (χ2v) is 6.61. The molecule has 1 aromatic rings. The number of piperazine rings is 1. The maximum Gasteiger partial charge on any atom is 0.409 e. The highest BCUT2D eigenvalue weighted by Crippen LogP contribution is 2.19. The van der Waals surface area contributed by atoms with Crippen molar-refractivity contribution < 1.29 is 19.1 Å². The first-order valence-corrected chi connectivity index (χ1v) is 9.14. The monoisotopic (exact) mass is 363 g/mol. The van der Waals surface area contributed by atoms with Crippen molar-refractivity contribution in [2.24, 2.45) is 0 Å². The lowest BCUT2D eigenvalue weighted by atomic mass is 10.0. The van der Waals surface area contributed by atoms with Crippen LogP contribution < -0.4 is 10.1 Å². The minimum absolute atomic E-state index is 0.195. The van der Waals surface area contributed by atoms with Crippen LogP contribution in [-0.2, 0) is 4.74 Å². The molecule has 2 rings (SSSR count). The van der Waals surface area contributed by atoms with Gasteiger partial charge in [0.2, 0.25) is 0 Å². The largest absolute Gasteiger partial charge is 0.471 e. The number of urea groups is 1. The number of carbonyl (C=O) groups excluding carboxylic acids is 2. The summed E-state index contributed by atoms with van der Waals surface area (Å²) < 4.78 is 10.7. The summed E-state index contributed by atoms with van der Waals surface area (Å²) in [6.07, 6.45) is -0.774. The Bertz CT molecular complexity index is 595. The van der Waals surface area contributed by atoms with Crippen LogP contribution in [0, 0.1) is 0 Å². The Balaban J connectivity index is 1.77. The van der Waals surface area contributed by atoms with Gasteiger partial charge in [0.05, 0.1) is 6.61 Å². The van der Waals surface area contributed by atoms with E-state index in [0.717, 1.165) is 0 Å². The van der Waals surface area contributed by atoms with Crippen molar-refractivity contribution in [2.75, 3.05) is 32.8 Å². The first-order chi connectivity index (χ1) is 12.4. The average Bonchev–Trinajstić information content (AvgIpc) is 2.62. The SMILES string of the molecule is CCOC(=O)N1CCN(C(=O)NC(C)Oc2ccc(C(C)C)cc2)CC1. The Labute approximate surface area is 155 Å². The number of hydrogen-bond acceptors (Lipinski definition) is 4. The maximum absolute atomic E-state index is 12.3. The van der Waals surface area contributed by atoms with Gasteiger partial charge in [-0.1, -0.05) is 26.0 Å². The Kier molecular flexibility index (Phi) is 7.12. The van der Waals surface area contributed by atoms with E-state index in [-0.39, 0.29) is 12.1 Å². The Morgan fingerprint density at radius 2 is 1.62 bits per heavy atom. The molecule has 0 saturated carbocycles. The van der Waals surface area contributed by atoms with Crippen LogP contribution in [0.25, 0.3) is 0 Å². The zero-order valence-electron chi connectivity index (χ0n) is 16.0. The Hall–Kier alpha value is -2.44. The maximum atomic E-state index is 12.3. The zero-order valence-corrected chi connectivity index (χ0v) is 16.0. The van der Waals surface area contributed by atoms with Crippen molar-refractivity contribution in [2.45, 2.75) is 39.8 Å². The summed E-state index contributed by atoms with van der Waals surface area (Å²) in [4.78, 5) is 27.3. The fraction of sp³-hybridized carbons (Fsp3) is 0.579. The van der Waals surface area contributed by atoms with E-state index in [9.17, 15) is 9.59 Å². The number of amides is 3. The Morgan fingerprint density at radius 1 is 1.04 bits per heavy atom. The normalized spacial score (nSPS) is 15.6. The molecule has 1 saturated heterocycles.